The Labute approximate surface area is 140 Å². The van der Waals surface area contributed by atoms with Crippen molar-refractivity contribution in [1.29, 1.82) is 0 Å². The lowest BCUT2D eigenvalue weighted by Crippen LogP contribution is -2.41. The molecule has 1 saturated carbocycles. The van der Waals surface area contributed by atoms with Gasteiger partial charge in [-0.25, -0.2) is 0 Å². The predicted molar refractivity (Wildman–Crippen MR) is 94.4 cm³/mol. The molecule has 23 heavy (non-hydrogen) atoms. The lowest BCUT2D eigenvalue weighted by molar-refractivity contribution is -0.122. The number of ether oxygens (including phenoxy) is 1. The standard InChI is InChI=1S/C20H31NO2/c1-2-18-11-6-7-12-19(18)21-20(22)13-8-15-23-16-14-17-9-4-3-5-10-17/h3-5,9-10,18-19H,2,6-8,11-16H2,1H3,(H,21,22). The highest BCUT2D eigenvalue weighted by Gasteiger charge is 2.24. The van der Waals surface area contributed by atoms with E-state index in [2.05, 4.69) is 36.5 Å². The van der Waals surface area contributed by atoms with Crippen molar-refractivity contribution in [3.05, 3.63) is 35.9 Å². The second-order valence-electron chi connectivity index (χ2n) is 6.58. The highest BCUT2D eigenvalue weighted by Crippen LogP contribution is 2.26. The number of hydrogen-bond acceptors (Lipinski definition) is 2. The molecule has 2 unspecified atom stereocenters. The summed E-state index contributed by atoms with van der Waals surface area (Å²) in [4.78, 5) is 12.1. The zero-order valence-electron chi connectivity index (χ0n) is 14.4. The average Bonchev–Trinajstić information content (AvgIpc) is 2.59. The van der Waals surface area contributed by atoms with E-state index in [-0.39, 0.29) is 5.91 Å². The van der Waals surface area contributed by atoms with Crippen LogP contribution in [0.1, 0.15) is 57.4 Å². The Morgan fingerprint density at radius 3 is 2.74 bits per heavy atom. The SMILES string of the molecule is CCC1CCCCC1NC(=O)CCCOCCc1ccccc1. The Hall–Kier alpha value is -1.35. The largest absolute Gasteiger partial charge is 0.381 e. The molecule has 0 spiro atoms. The quantitative estimate of drug-likeness (QED) is 0.696. The van der Waals surface area contributed by atoms with Gasteiger partial charge in [-0.3, -0.25) is 4.79 Å². The van der Waals surface area contributed by atoms with E-state index in [1.54, 1.807) is 0 Å². The summed E-state index contributed by atoms with van der Waals surface area (Å²) in [6.07, 6.45) is 8.50. The molecule has 3 nitrogen and oxygen atoms in total. The molecule has 1 fully saturated rings. The van der Waals surface area contributed by atoms with E-state index in [0.717, 1.165) is 25.9 Å². The van der Waals surface area contributed by atoms with Crippen LogP contribution in [0.3, 0.4) is 0 Å². The maximum absolute atomic E-state index is 12.1. The molecule has 2 atom stereocenters. The van der Waals surface area contributed by atoms with Crippen LogP contribution in [0.4, 0.5) is 0 Å². The van der Waals surface area contributed by atoms with Crippen LogP contribution in [0.15, 0.2) is 30.3 Å². The number of carbonyl (C=O) groups is 1. The molecule has 0 radical (unpaired) electrons. The summed E-state index contributed by atoms with van der Waals surface area (Å²) in [5, 5.41) is 3.24. The summed E-state index contributed by atoms with van der Waals surface area (Å²) in [7, 11) is 0. The van der Waals surface area contributed by atoms with Crippen molar-refractivity contribution in [2.24, 2.45) is 5.92 Å². The van der Waals surface area contributed by atoms with Crippen molar-refractivity contribution >= 4 is 5.91 Å². The summed E-state index contributed by atoms with van der Waals surface area (Å²) >= 11 is 0. The van der Waals surface area contributed by atoms with Gasteiger partial charge in [-0.2, -0.15) is 0 Å². The highest BCUT2D eigenvalue weighted by atomic mass is 16.5. The summed E-state index contributed by atoms with van der Waals surface area (Å²) < 4.78 is 5.64. The molecule has 1 aromatic carbocycles. The molecular weight excluding hydrogens is 286 g/mol. The molecule has 1 aliphatic carbocycles. The third-order valence-electron chi connectivity index (χ3n) is 4.85. The zero-order chi connectivity index (χ0) is 16.3. The van der Waals surface area contributed by atoms with Crippen LogP contribution in [-0.4, -0.2) is 25.2 Å². The number of benzene rings is 1. The van der Waals surface area contributed by atoms with Gasteiger partial charge >= 0.3 is 0 Å². The molecule has 1 amide bonds. The Bertz CT molecular complexity index is 446. The molecule has 2 rings (SSSR count). The topological polar surface area (TPSA) is 38.3 Å². The Balaban J connectivity index is 1.52. The van der Waals surface area contributed by atoms with Crippen LogP contribution in [-0.2, 0) is 16.0 Å². The van der Waals surface area contributed by atoms with Gasteiger partial charge in [0, 0.05) is 19.1 Å². The lowest BCUT2D eigenvalue weighted by Gasteiger charge is -2.31. The van der Waals surface area contributed by atoms with Crippen molar-refractivity contribution in [2.75, 3.05) is 13.2 Å². The van der Waals surface area contributed by atoms with Crippen LogP contribution < -0.4 is 5.32 Å². The number of carbonyl (C=O) groups excluding carboxylic acids is 1. The van der Waals surface area contributed by atoms with E-state index >= 15 is 0 Å². The summed E-state index contributed by atoms with van der Waals surface area (Å²) in [6.45, 7) is 3.63. The number of amides is 1. The van der Waals surface area contributed by atoms with Crippen LogP contribution in [0.5, 0.6) is 0 Å². The van der Waals surface area contributed by atoms with Crippen molar-refractivity contribution in [2.45, 2.75) is 64.3 Å². The van der Waals surface area contributed by atoms with E-state index in [1.807, 2.05) is 6.07 Å². The number of hydrogen-bond donors (Lipinski definition) is 1. The minimum absolute atomic E-state index is 0.196. The van der Waals surface area contributed by atoms with E-state index in [0.29, 0.717) is 25.0 Å². The second-order valence-corrected chi connectivity index (χ2v) is 6.58. The van der Waals surface area contributed by atoms with Gasteiger partial charge in [0.25, 0.3) is 0 Å². The van der Waals surface area contributed by atoms with Crippen molar-refractivity contribution in [1.82, 2.24) is 5.32 Å². The first-order valence-corrected chi connectivity index (χ1v) is 9.20. The van der Waals surface area contributed by atoms with Gasteiger partial charge in [-0.05, 0) is 37.2 Å². The zero-order valence-corrected chi connectivity index (χ0v) is 14.4. The molecule has 1 aromatic rings. The van der Waals surface area contributed by atoms with Gasteiger partial charge in [0.2, 0.25) is 5.91 Å². The molecular formula is C20H31NO2. The minimum atomic E-state index is 0.196. The molecule has 0 bridgehead atoms. The third kappa shape index (κ3) is 6.74. The minimum Gasteiger partial charge on any atom is -0.381 e. The maximum Gasteiger partial charge on any atom is 0.220 e. The molecule has 0 aromatic heterocycles. The molecule has 128 valence electrons. The summed E-state index contributed by atoms with van der Waals surface area (Å²) in [5.74, 6) is 0.872. The second kappa shape index (κ2) is 10.4. The fourth-order valence-corrected chi connectivity index (χ4v) is 3.44. The van der Waals surface area contributed by atoms with E-state index < -0.39 is 0 Å². The van der Waals surface area contributed by atoms with Crippen LogP contribution in [0.2, 0.25) is 0 Å². The van der Waals surface area contributed by atoms with Gasteiger partial charge in [-0.15, -0.1) is 0 Å². The van der Waals surface area contributed by atoms with Gasteiger partial charge in [-0.1, -0.05) is 56.5 Å². The first-order valence-electron chi connectivity index (χ1n) is 9.20. The third-order valence-corrected chi connectivity index (χ3v) is 4.85. The van der Waals surface area contributed by atoms with Crippen LogP contribution in [0.25, 0.3) is 0 Å². The highest BCUT2D eigenvalue weighted by molar-refractivity contribution is 5.76. The van der Waals surface area contributed by atoms with E-state index in [1.165, 1.54) is 31.2 Å². The first kappa shape index (κ1) is 18.0. The molecule has 0 saturated heterocycles. The number of nitrogens with one attached hydrogen (secondary N) is 1. The van der Waals surface area contributed by atoms with Gasteiger partial charge in [0.1, 0.15) is 0 Å². The Morgan fingerprint density at radius 2 is 1.96 bits per heavy atom. The Morgan fingerprint density at radius 1 is 1.17 bits per heavy atom. The molecule has 0 heterocycles. The average molecular weight is 317 g/mol. The first-order chi connectivity index (χ1) is 11.3. The lowest BCUT2D eigenvalue weighted by atomic mass is 9.83. The van der Waals surface area contributed by atoms with Crippen molar-refractivity contribution < 1.29 is 9.53 Å². The fraction of sp³-hybridized carbons (Fsp3) is 0.650. The van der Waals surface area contributed by atoms with Gasteiger partial charge in [0.05, 0.1) is 6.61 Å². The van der Waals surface area contributed by atoms with E-state index in [9.17, 15) is 4.79 Å². The molecule has 1 N–H and O–H groups in total. The van der Waals surface area contributed by atoms with Crippen molar-refractivity contribution in [3.8, 4) is 0 Å². The van der Waals surface area contributed by atoms with Crippen molar-refractivity contribution in [3.63, 3.8) is 0 Å². The van der Waals surface area contributed by atoms with Crippen LogP contribution in [0, 0.1) is 5.92 Å². The van der Waals surface area contributed by atoms with Gasteiger partial charge in [0.15, 0.2) is 0 Å². The summed E-state index contributed by atoms with van der Waals surface area (Å²) in [5.41, 5.74) is 1.30. The monoisotopic (exact) mass is 317 g/mol. The molecule has 1 aliphatic rings. The van der Waals surface area contributed by atoms with Gasteiger partial charge < -0.3 is 10.1 Å². The fourth-order valence-electron chi connectivity index (χ4n) is 3.44. The smallest absolute Gasteiger partial charge is 0.220 e. The maximum atomic E-state index is 12.1. The Kier molecular flexibility index (Phi) is 8.16. The summed E-state index contributed by atoms with van der Waals surface area (Å²) in [6, 6.07) is 10.8. The van der Waals surface area contributed by atoms with E-state index in [4.69, 9.17) is 4.74 Å². The van der Waals surface area contributed by atoms with Crippen LogP contribution >= 0.6 is 0 Å². The predicted octanol–water partition coefficient (Wildman–Crippen LogP) is 4.11. The normalized spacial score (nSPS) is 21.1. The molecule has 0 aliphatic heterocycles. The number of rotatable bonds is 9. The molecule has 3 heteroatoms.